The Balaban J connectivity index is 7.46. The summed E-state index contributed by atoms with van der Waals surface area (Å²) in [6.07, 6.45) is -40.8. The first-order valence-corrected chi connectivity index (χ1v) is 25.5. The van der Waals surface area contributed by atoms with Crippen molar-refractivity contribution in [3.05, 3.63) is 12.7 Å². The third kappa shape index (κ3) is 10.7. The summed E-state index contributed by atoms with van der Waals surface area (Å²) < 4.78 is 521. The van der Waals surface area contributed by atoms with E-state index >= 15 is 0 Å². The van der Waals surface area contributed by atoms with E-state index in [2.05, 4.69) is 6.58 Å². The minimum atomic E-state index is -8.57. The van der Waals surface area contributed by atoms with Crippen LogP contribution in [0.2, 0.25) is 17.7 Å². The van der Waals surface area contributed by atoms with Gasteiger partial charge in [-0.2, -0.15) is 0 Å². The number of rotatable bonds is 26. The van der Waals surface area contributed by atoms with Gasteiger partial charge in [0, 0.05) is 0 Å². The van der Waals surface area contributed by atoms with Crippen molar-refractivity contribution in [3.63, 3.8) is 0 Å². The molecular weight excluding hydrogens is 1220 g/mol. The molecule has 0 aliphatic heterocycles. The van der Waals surface area contributed by atoms with Gasteiger partial charge >= 0.3 is 366 Å². The Morgan fingerprint density at radius 2 is 0.400 bits per heavy atom. The first-order valence-electron chi connectivity index (χ1n) is 17.4. The van der Waals surface area contributed by atoms with Crippen LogP contribution in [0.5, 0.6) is 0 Å². The Kier molecular flexibility index (Phi) is 18.6. The second-order valence-electron chi connectivity index (χ2n) is 15.1. The molecule has 0 aliphatic rings. The van der Waals surface area contributed by atoms with E-state index in [0.29, 0.717) is 0 Å². The second kappa shape index (κ2) is 19.2. The number of hydrogen-bond acceptors (Lipinski definition) is 0. The van der Waals surface area contributed by atoms with E-state index in [1.165, 1.54) is 0 Å². The summed E-state index contributed by atoms with van der Waals surface area (Å²) in [7, 11) is 0. The van der Waals surface area contributed by atoms with Crippen LogP contribution >= 0.6 is 0 Å². The third-order valence-electron chi connectivity index (χ3n) is 10.2. The van der Waals surface area contributed by atoms with Gasteiger partial charge in [0.15, 0.2) is 0 Å². The van der Waals surface area contributed by atoms with Crippen molar-refractivity contribution in [2.24, 2.45) is 0 Å². The summed E-state index contributed by atoms with van der Waals surface area (Å²) in [6, 6.07) is 0. The molecule has 0 bridgehead atoms. The maximum atomic E-state index is 14.5. The molecule has 70 heavy (non-hydrogen) atoms. The van der Waals surface area contributed by atoms with E-state index in [1.807, 2.05) is 0 Å². The van der Waals surface area contributed by atoms with Crippen LogP contribution in [-0.2, 0) is 0 Å². The minimum absolute atomic E-state index is 0.179. The number of alkyl halides is 39. The van der Waals surface area contributed by atoms with Gasteiger partial charge in [0.2, 0.25) is 0 Å². The predicted octanol–water partition coefficient (Wildman–Crippen LogP) is 17.2. The molecular formula is C30H23F39Sn. The van der Waals surface area contributed by atoms with Crippen LogP contribution in [0.15, 0.2) is 12.7 Å². The fourth-order valence-corrected chi connectivity index (χ4v) is 19.5. The van der Waals surface area contributed by atoms with E-state index in [0.717, 1.165) is 0 Å². The molecule has 0 aromatic heterocycles. The monoisotopic (exact) mass is 1240 g/mol. The Morgan fingerprint density at radius 3 is 0.543 bits per heavy atom. The first-order chi connectivity index (χ1) is 29.9. The van der Waals surface area contributed by atoms with Crippen molar-refractivity contribution in [1.29, 1.82) is 0 Å². The van der Waals surface area contributed by atoms with Gasteiger partial charge in [0.05, 0.1) is 0 Å². The topological polar surface area (TPSA) is 0 Å². The number of allylic oxidation sites excluding steroid dienone is 1. The molecule has 0 aromatic carbocycles. The fraction of sp³-hybridized carbons (Fsp3) is 0.933. The molecule has 0 radical (unpaired) electrons. The van der Waals surface area contributed by atoms with Crippen LogP contribution < -0.4 is 0 Å². The molecule has 0 aliphatic carbocycles. The molecule has 0 saturated carbocycles. The zero-order valence-electron chi connectivity index (χ0n) is 32.6. The van der Waals surface area contributed by atoms with E-state index < -0.39 is 182 Å². The van der Waals surface area contributed by atoms with Gasteiger partial charge in [0.25, 0.3) is 0 Å². The molecule has 0 rings (SSSR count). The Morgan fingerprint density at radius 1 is 0.243 bits per heavy atom. The quantitative estimate of drug-likeness (QED) is 0.0460. The van der Waals surface area contributed by atoms with E-state index in [4.69, 9.17) is 0 Å². The normalized spacial score (nSPS) is 16.6. The molecule has 0 spiro atoms. The van der Waals surface area contributed by atoms with Gasteiger partial charge in [-0.1, -0.05) is 0 Å². The van der Waals surface area contributed by atoms with E-state index in [9.17, 15) is 171 Å². The van der Waals surface area contributed by atoms with Gasteiger partial charge in [-0.15, -0.1) is 0 Å². The van der Waals surface area contributed by atoms with Gasteiger partial charge in [-0.3, -0.25) is 0 Å². The van der Waals surface area contributed by atoms with Gasteiger partial charge in [-0.05, 0) is 0 Å². The van der Waals surface area contributed by atoms with Crippen molar-refractivity contribution in [2.75, 3.05) is 0 Å². The summed E-state index contributed by atoms with van der Waals surface area (Å²) in [4.78, 5) is 0. The first kappa shape index (κ1) is 67.8. The van der Waals surface area contributed by atoms with Crippen LogP contribution in [0.1, 0.15) is 38.5 Å². The van der Waals surface area contributed by atoms with Crippen molar-refractivity contribution in [1.82, 2.24) is 0 Å². The van der Waals surface area contributed by atoms with E-state index in [-0.39, 0.29) is 6.08 Å². The fourth-order valence-electron chi connectivity index (χ4n) is 5.92. The Hall–Kier alpha value is -2.19. The molecule has 0 amide bonds. The Labute approximate surface area is 366 Å². The van der Waals surface area contributed by atoms with Crippen LogP contribution in [-0.4, -0.2) is 126 Å². The summed E-state index contributed by atoms with van der Waals surface area (Å²) >= 11 is -6.39. The van der Waals surface area contributed by atoms with Gasteiger partial charge < -0.3 is 0 Å². The second-order valence-corrected chi connectivity index (χ2v) is 29.1. The van der Waals surface area contributed by atoms with Crippen molar-refractivity contribution in [2.45, 2.75) is 164 Å². The third-order valence-corrected chi connectivity index (χ3v) is 25.6. The molecule has 0 heterocycles. The summed E-state index contributed by atoms with van der Waals surface area (Å²) in [5.74, 6) is -122. The van der Waals surface area contributed by atoms with Crippen molar-refractivity contribution >= 4 is 18.4 Å². The zero-order valence-corrected chi connectivity index (χ0v) is 35.5. The standard InChI is InChI=1S/3C9H6F13.C3H5.Sn/c3*1-2-3-4(10,11)5(12,13)6(14,15)7(16,17)8(18,19)9(20,21)22;1-3-2;/h3*1-3H2;3H,1-2H2;. The molecule has 0 unspecified atom stereocenters. The van der Waals surface area contributed by atoms with Crippen molar-refractivity contribution in [3.8, 4) is 0 Å². The molecule has 0 saturated heterocycles. The number of hydrogen-bond donors (Lipinski definition) is 0. The molecule has 420 valence electrons. The summed E-state index contributed by atoms with van der Waals surface area (Å²) in [5.41, 5.74) is 0. The molecule has 0 fully saturated rings. The molecule has 0 atom stereocenters. The number of halogens is 39. The predicted molar refractivity (Wildman–Crippen MR) is 155 cm³/mol. The molecule has 0 aromatic rings. The zero-order chi connectivity index (χ0) is 57.3. The average molecular weight is 1240 g/mol. The maximum absolute atomic E-state index is 14.5. The SMILES string of the molecule is C=C[CH2][Sn]([CH2]CCC(F)(F)C(F)(F)C(F)(F)C(F)(F)C(F)(F)C(F)(F)F)([CH2]CCC(F)(F)C(F)(F)C(F)(F)C(F)(F)C(F)(F)C(F)(F)F)[CH2]CCC(F)(F)C(F)(F)C(F)(F)C(F)(F)C(F)(F)C(F)(F)F. The van der Waals surface area contributed by atoms with Crippen molar-refractivity contribution < 1.29 is 171 Å². The van der Waals surface area contributed by atoms with Gasteiger partial charge in [-0.25, -0.2) is 0 Å². The van der Waals surface area contributed by atoms with Crippen LogP contribution in [0.25, 0.3) is 0 Å². The average Bonchev–Trinajstić information content (AvgIpc) is 3.12. The molecule has 0 nitrogen and oxygen atoms in total. The van der Waals surface area contributed by atoms with Crippen LogP contribution in [0, 0.1) is 0 Å². The van der Waals surface area contributed by atoms with Crippen LogP contribution in [0.4, 0.5) is 171 Å². The van der Waals surface area contributed by atoms with Gasteiger partial charge in [0.1, 0.15) is 0 Å². The summed E-state index contributed by atoms with van der Waals surface area (Å²) in [6.45, 7) is 2.75. The van der Waals surface area contributed by atoms with Crippen LogP contribution in [0.3, 0.4) is 0 Å². The summed E-state index contributed by atoms with van der Waals surface area (Å²) in [5, 5.41) is 0. The Bertz CT molecular complexity index is 1570. The van der Waals surface area contributed by atoms with E-state index in [1.54, 1.807) is 0 Å². The molecule has 0 N–H and O–H groups in total. The molecule has 40 heteroatoms.